The van der Waals surface area contributed by atoms with Crippen LogP contribution in [-0.4, -0.2) is 33.9 Å². The Hall–Kier alpha value is -2.63. The number of likely N-dealkylation sites (tertiary alicyclic amines) is 1. The zero-order valence-electron chi connectivity index (χ0n) is 14.3. The van der Waals surface area contributed by atoms with E-state index in [1.807, 2.05) is 0 Å². The number of piperidine rings is 1. The number of nitrogens with one attached hydrogen (secondary N) is 2. The SMILES string of the molecule is N=C(N)[N+]#CC1CCN(Cc2ccc3c(c2)Nc2nccnc2S3)CC1. The second kappa shape index (κ2) is 7.32. The molecule has 0 radical (unpaired) electrons. The first kappa shape index (κ1) is 16.8. The van der Waals surface area contributed by atoms with Gasteiger partial charge in [0.05, 0.1) is 11.6 Å². The van der Waals surface area contributed by atoms with Crippen LogP contribution in [0.5, 0.6) is 0 Å². The standard InChI is InChI=1S/C18H20N7S/c19-18(20)23-10-12-3-7-25(8-4-12)11-13-1-2-15-14(9-13)24-16-17(26-15)22-6-5-21-16/h1-2,5-6,9,12H,3-4,7-8,11H2,(H3,19,20)(H,21,24)/q+1. The lowest BCUT2D eigenvalue weighted by atomic mass is 9.98. The number of anilines is 2. The predicted molar refractivity (Wildman–Crippen MR) is 103 cm³/mol. The Morgan fingerprint density at radius 1 is 1.35 bits per heavy atom. The summed E-state index contributed by atoms with van der Waals surface area (Å²) in [5.74, 6) is 0.952. The molecule has 4 N–H and O–H groups in total. The average Bonchev–Trinajstić information content (AvgIpc) is 2.66. The second-order valence-electron chi connectivity index (χ2n) is 6.44. The molecule has 1 fully saturated rings. The maximum atomic E-state index is 7.15. The number of guanidine groups is 1. The number of aromatic nitrogens is 2. The summed E-state index contributed by atoms with van der Waals surface area (Å²) in [4.78, 5) is 16.1. The molecule has 0 spiro atoms. The molecule has 0 unspecified atom stereocenters. The summed E-state index contributed by atoms with van der Waals surface area (Å²) < 4.78 is 0. The maximum Gasteiger partial charge on any atom is 0.478 e. The van der Waals surface area contributed by atoms with Gasteiger partial charge in [-0.2, -0.15) is 4.85 Å². The lowest BCUT2D eigenvalue weighted by Gasteiger charge is -2.29. The molecule has 1 aromatic carbocycles. The van der Waals surface area contributed by atoms with Gasteiger partial charge in [0.15, 0.2) is 5.82 Å². The highest BCUT2D eigenvalue weighted by Crippen LogP contribution is 2.42. The van der Waals surface area contributed by atoms with Crippen molar-refractivity contribution in [2.45, 2.75) is 29.3 Å². The first-order valence-electron chi connectivity index (χ1n) is 8.59. The zero-order valence-corrected chi connectivity index (χ0v) is 15.1. The van der Waals surface area contributed by atoms with E-state index in [0.717, 1.165) is 49.0 Å². The third kappa shape index (κ3) is 3.79. The molecule has 3 heterocycles. The van der Waals surface area contributed by atoms with Gasteiger partial charge in [0, 0.05) is 23.8 Å². The van der Waals surface area contributed by atoms with Crippen LogP contribution >= 0.6 is 11.8 Å². The van der Waals surface area contributed by atoms with Crippen LogP contribution in [0, 0.1) is 17.4 Å². The average molecular weight is 366 g/mol. The number of fused-ring (bicyclic) bond motifs is 2. The van der Waals surface area contributed by atoms with Crippen molar-refractivity contribution in [1.29, 1.82) is 5.41 Å². The van der Waals surface area contributed by atoms with Gasteiger partial charge >= 0.3 is 5.96 Å². The molecule has 0 saturated carbocycles. The Morgan fingerprint density at radius 3 is 2.96 bits per heavy atom. The van der Waals surface area contributed by atoms with Crippen molar-refractivity contribution in [3.8, 4) is 6.07 Å². The molecule has 2 aromatic rings. The number of hydrogen-bond donors (Lipinski definition) is 3. The lowest BCUT2D eigenvalue weighted by Crippen LogP contribution is -2.32. The smallest absolute Gasteiger partial charge is 0.337 e. The van der Waals surface area contributed by atoms with E-state index in [2.05, 4.69) is 49.3 Å². The van der Waals surface area contributed by atoms with Gasteiger partial charge in [-0.25, -0.2) is 9.97 Å². The molecule has 2 aliphatic heterocycles. The summed E-state index contributed by atoms with van der Waals surface area (Å²) >= 11 is 1.65. The minimum atomic E-state index is -0.168. The molecule has 7 nitrogen and oxygen atoms in total. The molecule has 26 heavy (non-hydrogen) atoms. The predicted octanol–water partition coefficient (Wildman–Crippen LogP) is 3.12. The van der Waals surface area contributed by atoms with Crippen LogP contribution in [0.1, 0.15) is 18.4 Å². The van der Waals surface area contributed by atoms with Crippen molar-refractivity contribution in [2.75, 3.05) is 18.4 Å². The van der Waals surface area contributed by atoms with E-state index in [1.165, 1.54) is 10.5 Å². The second-order valence-corrected chi connectivity index (χ2v) is 7.47. The summed E-state index contributed by atoms with van der Waals surface area (Å²) in [6.45, 7) is 2.92. The van der Waals surface area contributed by atoms with Crippen LogP contribution in [0.2, 0.25) is 0 Å². The number of nitrogens with zero attached hydrogens (tertiary/aromatic N) is 4. The van der Waals surface area contributed by atoms with Crippen LogP contribution in [0.3, 0.4) is 0 Å². The van der Waals surface area contributed by atoms with Crippen molar-refractivity contribution >= 4 is 29.2 Å². The van der Waals surface area contributed by atoms with Crippen LogP contribution < -0.4 is 11.1 Å². The fourth-order valence-electron chi connectivity index (χ4n) is 3.22. The van der Waals surface area contributed by atoms with E-state index in [-0.39, 0.29) is 5.96 Å². The van der Waals surface area contributed by atoms with E-state index in [0.29, 0.717) is 5.92 Å². The van der Waals surface area contributed by atoms with Gasteiger partial charge in [-0.05, 0) is 43.6 Å². The Morgan fingerprint density at radius 2 is 2.15 bits per heavy atom. The number of rotatable bonds is 2. The molecule has 1 aromatic heterocycles. The highest BCUT2D eigenvalue weighted by Gasteiger charge is 2.21. The zero-order chi connectivity index (χ0) is 17.9. The first-order valence-corrected chi connectivity index (χ1v) is 9.40. The van der Waals surface area contributed by atoms with Gasteiger partial charge in [-0.1, -0.05) is 17.8 Å². The molecule has 4 rings (SSSR count). The molecule has 1 saturated heterocycles. The highest BCUT2D eigenvalue weighted by molar-refractivity contribution is 7.99. The van der Waals surface area contributed by atoms with Crippen molar-refractivity contribution in [3.05, 3.63) is 41.0 Å². The van der Waals surface area contributed by atoms with Gasteiger partial charge < -0.3 is 5.32 Å². The minimum Gasteiger partial charge on any atom is -0.337 e. The van der Waals surface area contributed by atoms with Crippen molar-refractivity contribution < 1.29 is 0 Å². The Balaban J connectivity index is 1.39. The molecular formula is C18H20N7S+. The normalized spacial score (nSPS) is 16.6. The number of hydrogen-bond acceptors (Lipinski definition) is 6. The molecule has 0 aliphatic carbocycles. The first-order chi connectivity index (χ1) is 12.7. The van der Waals surface area contributed by atoms with Crippen LogP contribution in [0.25, 0.3) is 4.85 Å². The van der Waals surface area contributed by atoms with Gasteiger partial charge in [-0.15, -0.1) is 5.41 Å². The molecule has 8 heteroatoms. The Bertz CT molecular complexity index is 894. The van der Waals surface area contributed by atoms with Crippen LogP contribution in [-0.2, 0) is 6.54 Å². The van der Waals surface area contributed by atoms with Gasteiger partial charge in [-0.3, -0.25) is 10.6 Å². The van der Waals surface area contributed by atoms with Gasteiger partial charge in [0.1, 0.15) is 11.1 Å². The third-order valence-corrected chi connectivity index (χ3v) is 5.60. The minimum absolute atomic E-state index is 0.168. The summed E-state index contributed by atoms with van der Waals surface area (Å²) in [6.07, 6.45) is 5.42. The molecule has 0 bridgehead atoms. The quantitative estimate of drug-likeness (QED) is 0.476. The number of benzene rings is 1. The Labute approximate surface area is 156 Å². The largest absolute Gasteiger partial charge is 0.478 e. The monoisotopic (exact) mass is 366 g/mol. The molecule has 132 valence electrons. The van der Waals surface area contributed by atoms with Gasteiger partial charge in [0.25, 0.3) is 0 Å². The van der Waals surface area contributed by atoms with Crippen molar-refractivity contribution in [2.24, 2.45) is 11.7 Å². The maximum absolute atomic E-state index is 7.15. The summed E-state index contributed by atoms with van der Waals surface area (Å²) in [5.41, 5.74) is 7.63. The van der Waals surface area contributed by atoms with Crippen molar-refractivity contribution in [1.82, 2.24) is 14.9 Å². The molecule has 2 aliphatic rings. The van der Waals surface area contributed by atoms with Crippen molar-refractivity contribution in [3.63, 3.8) is 0 Å². The van der Waals surface area contributed by atoms with E-state index < -0.39 is 0 Å². The summed E-state index contributed by atoms with van der Waals surface area (Å²) in [5, 5.41) is 11.4. The van der Waals surface area contributed by atoms with Gasteiger partial charge in [0.2, 0.25) is 0 Å². The lowest BCUT2D eigenvalue weighted by molar-refractivity contribution is 0.199. The van der Waals surface area contributed by atoms with E-state index >= 15 is 0 Å². The number of nitrogens with two attached hydrogens (primary N) is 1. The van der Waals surface area contributed by atoms with E-state index in [1.54, 1.807) is 24.2 Å². The molecular weight excluding hydrogens is 346 g/mol. The fourth-order valence-corrected chi connectivity index (χ4v) is 4.10. The Kier molecular flexibility index (Phi) is 4.73. The molecule has 0 amide bonds. The molecule has 0 atom stereocenters. The highest BCUT2D eigenvalue weighted by atomic mass is 32.2. The fraction of sp³-hybridized carbons (Fsp3) is 0.333. The van der Waals surface area contributed by atoms with Crippen LogP contribution in [0.15, 0.2) is 40.5 Å². The summed E-state index contributed by atoms with van der Waals surface area (Å²) in [7, 11) is 0. The van der Waals surface area contributed by atoms with E-state index in [4.69, 9.17) is 11.1 Å². The topological polar surface area (TPSA) is 95.3 Å². The van der Waals surface area contributed by atoms with E-state index in [9.17, 15) is 0 Å². The summed E-state index contributed by atoms with van der Waals surface area (Å²) in [6, 6.07) is 9.52. The third-order valence-electron chi connectivity index (χ3n) is 4.53. The van der Waals surface area contributed by atoms with Crippen LogP contribution in [0.4, 0.5) is 11.5 Å².